The van der Waals surface area contributed by atoms with E-state index in [0.29, 0.717) is 16.9 Å². The predicted molar refractivity (Wildman–Crippen MR) is 122 cm³/mol. The number of para-hydroxylation sites is 1. The first-order valence-corrected chi connectivity index (χ1v) is 10.7. The van der Waals surface area contributed by atoms with E-state index < -0.39 is 17.8 Å². The molecule has 2 aromatic carbocycles. The van der Waals surface area contributed by atoms with E-state index in [1.54, 1.807) is 38.1 Å². The molecule has 0 atom stereocenters. The summed E-state index contributed by atoms with van der Waals surface area (Å²) in [6.45, 7) is 3.55. The van der Waals surface area contributed by atoms with Crippen molar-refractivity contribution in [3.8, 4) is 5.75 Å². The van der Waals surface area contributed by atoms with Crippen LogP contribution in [0.3, 0.4) is 0 Å². The summed E-state index contributed by atoms with van der Waals surface area (Å²) < 4.78 is 15.8. The van der Waals surface area contributed by atoms with Crippen molar-refractivity contribution in [3.63, 3.8) is 0 Å². The van der Waals surface area contributed by atoms with Crippen LogP contribution in [-0.2, 0) is 16.1 Å². The molecule has 0 radical (unpaired) electrons. The SMILES string of the molecule is CCOC(=O)c1c(NC(=O)c2ccccc2OC)sc(C(=O)OCc2ccccc2)c1C. The van der Waals surface area contributed by atoms with Crippen LogP contribution in [0, 0.1) is 6.92 Å². The number of hydrogen-bond donors (Lipinski definition) is 1. The summed E-state index contributed by atoms with van der Waals surface area (Å²) in [5, 5.41) is 2.93. The van der Waals surface area contributed by atoms with Crippen molar-refractivity contribution in [1.82, 2.24) is 0 Å². The van der Waals surface area contributed by atoms with Gasteiger partial charge in [-0.2, -0.15) is 0 Å². The lowest BCUT2D eigenvalue weighted by atomic mass is 10.1. The summed E-state index contributed by atoms with van der Waals surface area (Å²) >= 11 is 0.972. The van der Waals surface area contributed by atoms with E-state index >= 15 is 0 Å². The fourth-order valence-corrected chi connectivity index (χ4v) is 4.12. The molecule has 0 spiro atoms. The second-order valence-corrected chi connectivity index (χ2v) is 7.72. The van der Waals surface area contributed by atoms with Crippen LogP contribution >= 0.6 is 11.3 Å². The van der Waals surface area contributed by atoms with Crippen LogP contribution < -0.4 is 10.1 Å². The van der Waals surface area contributed by atoms with Gasteiger partial charge in [-0.05, 0) is 37.1 Å². The molecule has 1 heterocycles. The molecule has 0 fully saturated rings. The number of thiophene rings is 1. The molecule has 8 heteroatoms. The van der Waals surface area contributed by atoms with Gasteiger partial charge in [-0.25, -0.2) is 9.59 Å². The fourth-order valence-electron chi connectivity index (χ4n) is 3.04. The fraction of sp³-hybridized carbons (Fsp3) is 0.208. The number of amides is 1. The first-order chi connectivity index (χ1) is 15.5. The highest BCUT2D eigenvalue weighted by molar-refractivity contribution is 7.18. The number of carbonyl (C=O) groups excluding carboxylic acids is 3. The summed E-state index contributed by atoms with van der Waals surface area (Å²) in [6.07, 6.45) is 0. The van der Waals surface area contributed by atoms with Crippen LogP contribution in [0.5, 0.6) is 5.75 Å². The molecule has 1 N–H and O–H groups in total. The predicted octanol–water partition coefficient (Wildman–Crippen LogP) is 4.85. The Morgan fingerprint density at radius 3 is 2.31 bits per heavy atom. The van der Waals surface area contributed by atoms with Crippen LogP contribution in [0.2, 0.25) is 0 Å². The Morgan fingerprint density at radius 1 is 0.938 bits per heavy atom. The minimum atomic E-state index is -0.626. The third-order valence-corrected chi connectivity index (χ3v) is 5.79. The number of nitrogens with one attached hydrogen (secondary N) is 1. The van der Waals surface area contributed by atoms with Crippen LogP contribution in [0.15, 0.2) is 54.6 Å². The van der Waals surface area contributed by atoms with Crippen molar-refractivity contribution in [3.05, 3.63) is 81.7 Å². The Hall–Kier alpha value is -3.65. The molecular weight excluding hydrogens is 430 g/mol. The Labute approximate surface area is 189 Å². The van der Waals surface area contributed by atoms with Gasteiger partial charge in [0.25, 0.3) is 5.91 Å². The topological polar surface area (TPSA) is 90.9 Å². The molecule has 0 aliphatic heterocycles. The van der Waals surface area contributed by atoms with Crippen molar-refractivity contribution in [2.24, 2.45) is 0 Å². The zero-order valence-electron chi connectivity index (χ0n) is 18.0. The lowest BCUT2D eigenvalue weighted by Crippen LogP contribution is -2.15. The molecule has 166 valence electrons. The molecule has 32 heavy (non-hydrogen) atoms. The quantitative estimate of drug-likeness (QED) is 0.490. The number of carbonyl (C=O) groups is 3. The second kappa shape index (κ2) is 10.6. The van der Waals surface area contributed by atoms with Gasteiger partial charge in [0.05, 0.1) is 24.8 Å². The molecule has 1 amide bonds. The normalized spacial score (nSPS) is 10.3. The zero-order valence-corrected chi connectivity index (χ0v) is 18.8. The number of benzene rings is 2. The molecule has 0 unspecified atom stereocenters. The van der Waals surface area contributed by atoms with Crippen molar-refractivity contribution in [1.29, 1.82) is 0 Å². The molecule has 0 saturated carbocycles. The molecule has 0 saturated heterocycles. The van der Waals surface area contributed by atoms with Gasteiger partial charge in [0.2, 0.25) is 0 Å². The highest BCUT2D eigenvalue weighted by Crippen LogP contribution is 2.35. The maximum Gasteiger partial charge on any atom is 0.349 e. The number of anilines is 1. The smallest absolute Gasteiger partial charge is 0.349 e. The summed E-state index contributed by atoms with van der Waals surface area (Å²) in [4.78, 5) is 38.4. The van der Waals surface area contributed by atoms with Crippen molar-refractivity contribution in [2.45, 2.75) is 20.5 Å². The standard InChI is InChI=1S/C24H23NO6S/c1-4-30-23(27)19-15(2)20(24(28)31-14-16-10-6-5-7-11-16)32-22(19)25-21(26)17-12-8-9-13-18(17)29-3/h5-13H,4,14H2,1-3H3,(H,25,26). The maximum absolute atomic E-state index is 12.9. The number of methoxy groups -OCH3 is 1. The Balaban J connectivity index is 1.90. The number of ether oxygens (including phenoxy) is 3. The van der Waals surface area contributed by atoms with E-state index in [-0.39, 0.29) is 28.7 Å². The number of hydrogen-bond acceptors (Lipinski definition) is 7. The second-order valence-electron chi connectivity index (χ2n) is 6.70. The monoisotopic (exact) mass is 453 g/mol. The van der Waals surface area contributed by atoms with E-state index in [0.717, 1.165) is 16.9 Å². The Bertz CT molecular complexity index is 1120. The molecule has 1 aromatic heterocycles. The van der Waals surface area contributed by atoms with E-state index in [1.807, 2.05) is 30.3 Å². The number of esters is 2. The van der Waals surface area contributed by atoms with Gasteiger partial charge in [0.1, 0.15) is 22.2 Å². The van der Waals surface area contributed by atoms with E-state index in [2.05, 4.69) is 5.32 Å². The van der Waals surface area contributed by atoms with Gasteiger partial charge >= 0.3 is 11.9 Å². The minimum absolute atomic E-state index is 0.0919. The van der Waals surface area contributed by atoms with E-state index in [4.69, 9.17) is 14.2 Å². The third kappa shape index (κ3) is 5.15. The van der Waals surface area contributed by atoms with Gasteiger partial charge < -0.3 is 19.5 Å². The molecule has 3 rings (SSSR count). The summed E-state index contributed by atoms with van der Waals surface area (Å²) in [5.41, 5.74) is 1.66. The maximum atomic E-state index is 12.9. The summed E-state index contributed by atoms with van der Waals surface area (Å²) in [7, 11) is 1.46. The van der Waals surface area contributed by atoms with E-state index in [9.17, 15) is 14.4 Å². The highest BCUT2D eigenvalue weighted by Gasteiger charge is 2.28. The average Bonchev–Trinajstić information content (AvgIpc) is 3.13. The average molecular weight is 454 g/mol. The van der Waals surface area contributed by atoms with Crippen molar-refractivity contribution >= 4 is 34.2 Å². The molecule has 0 bridgehead atoms. The van der Waals surface area contributed by atoms with Gasteiger partial charge in [-0.15, -0.1) is 11.3 Å². The highest BCUT2D eigenvalue weighted by atomic mass is 32.1. The molecule has 7 nitrogen and oxygen atoms in total. The lowest BCUT2D eigenvalue weighted by Gasteiger charge is -2.09. The van der Waals surface area contributed by atoms with Crippen molar-refractivity contribution in [2.75, 3.05) is 19.0 Å². The van der Waals surface area contributed by atoms with Gasteiger partial charge in [0, 0.05) is 0 Å². The van der Waals surface area contributed by atoms with Crippen LogP contribution in [0.25, 0.3) is 0 Å². The van der Waals surface area contributed by atoms with Crippen LogP contribution in [0.4, 0.5) is 5.00 Å². The van der Waals surface area contributed by atoms with Crippen LogP contribution in [-0.4, -0.2) is 31.6 Å². The Morgan fingerprint density at radius 2 is 1.62 bits per heavy atom. The third-order valence-electron chi connectivity index (χ3n) is 4.60. The van der Waals surface area contributed by atoms with Gasteiger partial charge in [-0.1, -0.05) is 42.5 Å². The first-order valence-electron chi connectivity index (χ1n) is 9.92. The summed E-state index contributed by atoms with van der Waals surface area (Å²) in [5.74, 6) is -1.30. The molecule has 3 aromatic rings. The molecule has 0 aliphatic rings. The van der Waals surface area contributed by atoms with Crippen LogP contribution in [0.1, 0.15) is 48.4 Å². The minimum Gasteiger partial charge on any atom is -0.496 e. The molecule has 0 aliphatic carbocycles. The van der Waals surface area contributed by atoms with Gasteiger partial charge in [-0.3, -0.25) is 4.79 Å². The van der Waals surface area contributed by atoms with Crippen molar-refractivity contribution < 1.29 is 28.6 Å². The summed E-state index contributed by atoms with van der Waals surface area (Å²) in [6, 6.07) is 16.0. The Kier molecular flexibility index (Phi) is 7.62. The lowest BCUT2D eigenvalue weighted by molar-refractivity contribution is 0.0477. The zero-order chi connectivity index (χ0) is 23.1. The molecular formula is C24H23NO6S. The number of rotatable bonds is 8. The largest absolute Gasteiger partial charge is 0.496 e. The van der Waals surface area contributed by atoms with E-state index in [1.165, 1.54) is 7.11 Å². The first kappa shape index (κ1) is 23.0. The van der Waals surface area contributed by atoms with Gasteiger partial charge in [0.15, 0.2) is 0 Å².